The third kappa shape index (κ3) is 3.15. The molecule has 0 aliphatic heterocycles. The Hall–Kier alpha value is -0.930. The van der Waals surface area contributed by atoms with Crippen molar-refractivity contribution in [1.82, 2.24) is 10.2 Å². The van der Waals surface area contributed by atoms with Gasteiger partial charge in [0.05, 0.1) is 0 Å². The van der Waals surface area contributed by atoms with Crippen molar-refractivity contribution in [1.29, 1.82) is 0 Å². The molecule has 0 saturated heterocycles. The van der Waals surface area contributed by atoms with Crippen molar-refractivity contribution in [3.63, 3.8) is 0 Å². The lowest BCUT2D eigenvalue weighted by Gasteiger charge is -2.43. The summed E-state index contributed by atoms with van der Waals surface area (Å²) < 4.78 is 13.7. The molecule has 0 bridgehead atoms. The molecular formula is C16H23FN2. The molecule has 2 atom stereocenters. The van der Waals surface area contributed by atoms with Crippen LogP contribution in [0.1, 0.15) is 31.2 Å². The zero-order chi connectivity index (χ0) is 13.2. The van der Waals surface area contributed by atoms with Crippen LogP contribution in [-0.2, 0) is 6.54 Å². The van der Waals surface area contributed by atoms with Crippen LogP contribution in [0.2, 0.25) is 0 Å². The summed E-state index contributed by atoms with van der Waals surface area (Å²) in [7, 11) is 2.13. The van der Waals surface area contributed by atoms with E-state index in [1.165, 1.54) is 25.7 Å². The number of nitrogens with zero attached hydrogens (tertiary/aromatic N) is 1. The highest BCUT2D eigenvalue weighted by Gasteiger charge is 2.35. The quantitative estimate of drug-likeness (QED) is 0.848. The van der Waals surface area contributed by atoms with Crippen molar-refractivity contribution >= 4 is 0 Å². The molecule has 2 unspecified atom stereocenters. The fourth-order valence-corrected chi connectivity index (χ4v) is 2.99. The highest BCUT2D eigenvalue weighted by molar-refractivity contribution is 5.17. The Morgan fingerprint density at radius 1 is 1.21 bits per heavy atom. The maximum atomic E-state index is 13.7. The lowest BCUT2D eigenvalue weighted by atomic mass is 9.78. The largest absolute Gasteiger partial charge is 0.314 e. The molecule has 3 rings (SSSR count). The van der Waals surface area contributed by atoms with Gasteiger partial charge in [0.2, 0.25) is 0 Å². The minimum Gasteiger partial charge on any atom is -0.314 e. The summed E-state index contributed by atoms with van der Waals surface area (Å²) in [4.78, 5) is 2.32. The monoisotopic (exact) mass is 262 g/mol. The molecule has 2 saturated carbocycles. The topological polar surface area (TPSA) is 15.3 Å². The highest BCUT2D eigenvalue weighted by atomic mass is 19.1. The Balaban J connectivity index is 1.52. The summed E-state index contributed by atoms with van der Waals surface area (Å²) in [6.45, 7) is 1.86. The molecule has 3 heteroatoms. The second kappa shape index (κ2) is 5.59. The standard InChI is InChI=1S/C16H23FN2/c1-19(11-13-4-2-3-5-15(13)17)16-9-6-12(16)10-18-14-7-8-14/h2-5,12,14,16,18H,6-11H2,1H3. The predicted octanol–water partition coefficient (Wildman–Crippen LogP) is 2.79. The van der Waals surface area contributed by atoms with Gasteiger partial charge in [0, 0.05) is 24.2 Å². The third-order valence-electron chi connectivity index (χ3n) is 4.57. The molecule has 1 N–H and O–H groups in total. The lowest BCUT2D eigenvalue weighted by Crippen LogP contribution is -2.48. The molecule has 0 radical (unpaired) electrons. The van der Waals surface area contributed by atoms with E-state index in [9.17, 15) is 4.39 Å². The molecule has 2 aliphatic rings. The van der Waals surface area contributed by atoms with Crippen molar-refractivity contribution in [3.05, 3.63) is 35.6 Å². The summed E-state index contributed by atoms with van der Waals surface area (Å²) in [5.74, 6) is 0.665. The summed E-state index contributed by atoms with van der Waals surface area (Å²) in [5, 5.41) is 3.62. The summed E-state index contributed by atoms with van der Waals surface area (Å²) in [6, 6.07) is 8.52. The van der Waals surface area contributed by atoms with Gasteiger partial charge in [0.1, 0.15) is 5.82 Å². The van der Waals surface area contributed by atoms with Gasteiger partial charge in [-0.05, 0) is 51.3 Å². The predicted molar refractivity (Wildman–Crippen MR) is 75.4 cm³/mol. The van der Waals surface area contributed by atoms with Gasteiger partial charge < -0.3 is 5.32 Å². The summed E-state index contributed by atoms with van der Waals surface area (Å²) >= 11 is 0. The first-order valence-corrected chi connectivity index (χ1v) is 7.41. The normalized spacial score (nSPS) is 26.5. The lowest BCUT2D eigenvalue weighted by molar-refractivity contribution is 0.0770. The van der Waals surface area contributed by atoms with E-state index in [0.29, 0.717) is 6.04 Å². The number of halogens is 1. The molecule has 1 aromatic rings. The van der Waals surface area contributed by atoms with Crippen LogP contribution in [0.25, 0.3) is 0 Å². The third-order valence-corrected chi connectivity index (χ3v) is 4.57. The first-order valence-electron chi connectivity index (χ1n) is 7.41. The minimum atomic E-state index is -0.0821. The maximum Gasteiger partial charge on any atom is 0.127 e. The van der Waals surface area contributed by atoms with E-state index in [4.69, 9.17) is 0 Å². The van der Waals surface area contributed by atoms with Crippen molar-refractivity contribution in [3.8, 4) is 0 Å². The van der Waals surface area contributed by atoms with Crippen molar-refractivity contribution in [2.45, 2.75) is 44.3 Å². The number of rotatable bonds is 6. The SMILES string of the molecule is CN(Cc1ccccc1F)C1CCC1CNC1CC1. The van der Waals surface area contributed by atoms with E-state index in [1.807, 2.05) is 12.1 Å². The molecule has 0 amide bonds. The second-order valence-electron chi connectivity index (χ2n) is 6.09. The van der Waals surface area contributed by atoms with Gasteiger partial charge in [-0.2, -0.15) is 0 Å². The first-order chi connectivity index (χ1) is 9.24. The van der Waals surface area contributed by atoms with Crippen molar-refractivity contribution in [2.75, 3.05) is 13.6 Å². The van der Waals surface area contributed by atoms with E-state index in [2.05, 4.69) is 17.3 Å². The smallest absolute Gasteiger partial charge is 0.127 e. The fraction of sp³-hybridized carbons (Fsp3) is 0.625. The Bertz CT molecular complexity index is 431. The molecule has 19 heavy (non-hydrogen) atoms. The Morgan fingerprint density at radius 2 is 2.00 bits per heavy atom. The van der Waals surface area contributed by atoms with Crippen LogP contribution >= 0.6 is 0 Å². The van der Waals surface area contributed by atoms with Gasteiger partial charge in [-0.1, -0.05) is 18.2 Å². The van der Waals surface area contributed by atoms with Crippen LogP contribution < -0.4 is 5.32 Å². The van der Waals surface area contributed by atoms with E-state index >= 15 is 0 Å². The number of hydrogen-bond donors (Lipinski definition) is 1. The van der Waals surface area contributed by atoms with Crippen LogP contribution in [0.3, 0.4) is 0 Å². The Morgan fingerprint density at radius 3 is 2.63 bits per heavy atom. The maximum absolute atomic E-state index is 13.7. The second-order valence-corrected chi connectivity index (χ2v) is 6.09. The van der Waals surface area contributed by atoms with Gasteiger partial charge in [-0.25, -0.2) is 4.39 Å². The number of benzene rings is 1. The number of hydrogen-bond acceptors (Lipinski definition) is 2. The zero-order valence-corrected chi connectivity index (χ0v) is 11.6. The summed E-state index contributed by atoms with van der Waals surface area (Å²) in [6.07, 6.45) is 5.26. The van der Waals surface area contributed by atoms with Gasteiger partial charge in [0.15, 0.2) is 0 Å². The van der Waals surface area contributed by atoms with Crippen LogP contribution in [0.5, 0.6) is 0 Å². The first kappa shape index (κ1) is 13.1. The van der Waals surface area contributed by atoms with Gasteiger partial charge in [-0.15, -0.1) is 0 Å². The molecule has 2 fully saturated rings. The average molecular weight is 262 g/mol. The number of nitrogens with one attached hydrogen (secondary N) is 1. The van der Waals surface area contributed by atoms with E-state index < -0.39 is 0 Å². The van der Waals surface area contributed by atoms with Crippen molar-refractivity contribution < 1.29 is 4.39 Å². The summed E-state index contributed by atoms with van der Waals surface area (Å²) in [5.41, 5.74) is 0.811. The molecule has 0 aromatic heterocycles. The van der Waals surface area contributed by atoms with Crippen LogP contribution in [0.15, 0.2) is 24.3 Å². The van der Waals surface area contributed by atoms with E-state index in [-0.39, 0.29) is 5.82 Å². The molecule has 2 aliphatic carbocycles. The molecular weight excluding hydrogens is 239 g/mol. The Labute approximate surface area is 115 Å². The molecule has 104 valence electrons. The highest BCUT2D eigenvalue weighted by Crippen LogP contribution is 2.33. The molecule has 0 spiro atoms. The van der Waals surface area contributed by atoms with Crippen LogP contribution in [0, 0.1) is 11.7 Å². The Kier molecular flexibility index (Phi) is 3.85. The van der Waals surface area contributed by atoms with Gasteiger partial charge in [0.25, 0.3) is 0 Å². The zero-order valence-electron chi connectivity index (χ0n) is 11.6. The van der Waals surface area contributed by atoms with Gasteiger partial charge in [-0.3, -0.25) is 4.90 Å². The molecule has 1 aromatic carbocycles. The average Bonchev–Trinajstić information content (AvgIpc) is 3.15. The molecule has 0 heterocycles. The van der Waals surface area contributed by atoms with E-state index in [1.54, 1.807) is 12.1 Å². The van der Waals surface area contributed by atoms with E-state index in [0.717, 1.165) is 30.6 Å². The van der Waals surface area contributed by atoms with Crippen LogP contribution in [-0.4, -0.2) is 30.6 Å². The van der Waals surface area contributed by atoms with Crippen molar-refractivity contribution in [2.24, 2.45) is 5.92 Å². The van der Waals surface area contributed by atoms with Crippen LogP contribution in [0.4, 0.5) is 4.39 Å². The molecule has 2 nitrogen and oxygen atoms in total. The minimum absolute atomic E-state index is 0.0821. The fourth-order valence-electron chi connectivity index (χ4n) is 2.99. The van der Waals surface area contributed by atoms with Gasteiger partial charge >= 0.3 is 0 Å².